The summed E-state index contributed by atoms with van der Waals surface area (Å²) in [6, 6.07) is 9.55. The Kier molecular flexibility index (Phi) is 2.78. The van der Waals surface area contributed by atoms with E-state index in [4.69, 9.17) is 16.1 Å². The lowest BCUT2D eigenvalue weighted by atomic mass is 10.1. The molecule has 78 valence electrons. The molecule has 0 aliphatic heterocycles. The third-order valence-corrected chi connectivity index (χ3v) is 2.45. The molecular weight excluding hydrogens is 210 g/mol. The van der Waals surface area contributed by atoms with Crippen molar-refractivity contribution >= 4 is 11.6 Å². The molecule has 0 radical (unpaired) electrons. The lowest BCUT2D eigenvalue weighted by molar-refractivity contribution is 0.373. The maximum Gasteiger partial charge on any atom is 0.139 e. The van der Waals surface area contributed by atoms with E-state index < -0.39 is 0 Å². The molecule has 2 rings (SSSR count). The maximum atomic E-state index is 5.91. The van der Waals surface area contributed by atoms with Crippen LogP contribution in [-0.2, 0) is 0 Å². The molecule has 2 aromatic rings. The molecule has 0 amide bonds. The van der Waals surface area contributed by atoms with Gasteiger partial charge in [0.1, 0.15) is 11.5 Å². The van der Waals surface area contributed by atoms with Crippen LogP contribution in [0.4, 0.5) is 0 Å². The number of rotatable bonds is 2. The Morgan fingerprint density at radius 1 is 1.27 bits per heavy atom. The van der Waals surface area contributed by atoms with Gasteiger partial charge in [-0.1, -0.05) is 42.7 Å². The van der Waals surface area contributed by atoms with Crippen molar-refractivity contribution in [3.05, 3.63) is 41.1 Å². The second-order valence-electron chi connectivity index (χ2n) is 3.78. The first-order valence-electron chi connectivity index (χ1n) is 4.89. The van der Waals surface area contributed by atoms with Gasteiger partial charge < -0.3 is 4.52 Å². The van der Waals surface area contributed by atoms with E-state index in [1.165, 1.54) is 0 Å². The zero-order chi connectivity index (χ0) is 10.8. The third kappa shape index (κ3) is 2.21. The van der Waals surface area contributed by atoms with Crippen LogP contribution in [0.15, 0.2) is 34.9 Å². The van der Waals surface area contributed by atoms with Crippen LogP contribution in [0.5, 0.6) is 0 Å². The van der Waals surface area contributed by atoms with E-state index in [1.807, 2.05) is 30.3 Å². The second-order valence-corrected chi connectivity index (χ2v) is 4.22. The van der Waals surface area contributed by atoms with Gasteiger partial charge in [0.05, 0.1) is 0 Å². The molecule has 0 bridgehead atoms. The molecule has 0 saturated carbocycles. The van der Waals surface area contributed by atoms with Crippen LogP contribution in [0, 0.1) is 0 Å². The molecule has 1 heterocycles. The molecule has 1 aromatic carbocycles. The number of aromatic nitrogens is 1. The smallest absolute Gasteiger partial charge is 0.139 e. The van der Waals surface area contributed by atoms with Crippen molar-refractivity contribution in [2.24, 2.45) is 0 Å². The van der Waals surface area contributed by atoms with Gasteiger partial charge >= 0.3 is 0 Å². The summed E-state index contributed by atoms with van der Waals surface area (Å²) in [4.78, 5) is 0. The monoisotopic (exact) mass is 221 g/mol. The number of benzene rings is 1. The lowest BCUT2D eigenvalue weighted by Crippen LogP contribution is -1.80. The van der Waals surface area contributed by atoms with Gasteiger partial charge in [0.25, 0.3) is 0 Å². The van der Waals surface area contributed by atoms with Crippen molar-refractivity contribution in [3.8, 4) is 11.3 Å². The quantitative estimate of drug-likeness (QED) is 0.763. The van der Waals surface area contributed by atoms with Crippen LogP contribution in [-0.4, -0.2) is 5.16 Å². The van der Waals surface area contributed by atoms with Crippen LogP contribution >= 0.6 is 11.6 Å². The van der Waals surface area contributed by atoms with Crippen LogP contribution in [0.25, 0.3) is 11.3 Å². The normalized spacial score (nSPS) is 10.9. The molecule has 2 nitrogen and oxygen atoms in total. The summed E-state index contributed by atoms with van der Waals surface area (Å²) >= 11 is 5.91. The Morgan fingerprint density at radius 3 is 2.67 bits per heavy atom. The van der Waals surface area contributed by atoms with E-state index in [1.54, 1.807) is 0 Å². The highest BCUT2D eigenvalue weighted by molar-refractivity contribution is 6.30. The number of nitrogens with zero attached hydrogens (tertiary/aromatic N) is 1. The number of halogens is 1. The fourth-order valence-electron chi connectivity index (χ4n) is 1.35. The molecule has 15 heavy (non-hydrogen) atoms. The maximum absolute atomic E-state index is 5.91. The highest BCUT2D eigenvalue weighted by Gasteiger charge is 2.09. The molecule has 0 N–H and O–H groups in total. The van der Waals surface area contributed by atoms with E-state index in [-0.39, 0.29) is 0 Å². The molecule has 0 aliphatic carbocycles. The Hall–Kier alpha value is -1.28. The minimum atomic E-state index is 0.352. The first-order valence-corrected chi connectivity index (χ1v) is 5.27. The van der Waals surface area contributed by atoms with Crippen molar-refractivity contribution in [2.75, 3.05) is 0 Å². The zero-order valence-corrected chi connectivity index (χ0v) is 9.45. The standard InChI is InChI=1S/C12H12ClNO/c1-8(2)12-7-11(14-15-12)9-4-3-5-10(13)6-9/h3-8H,1-2H3. The number of hydrogen-bond donors (Lipinski definition) is 0. The van der Waals surface area contributed by atoms with Crippen LogP contribution in [0.2, 0.25) is 5.02 Å². The topological polar surface area (TPSA) is 26.0 Å². The Morgan fingerprint density at radius 2 is 2.07 bits per heavy atom. The van der Waals surface area contributed by atoms with E-state index in [0.717, 1.165) is 17.0 Å². The van der Waals surface area contributed by atoms with Crippen molar-refractivity contribution in [1.29, 1.82) is 0 Å². The average Bonchev–Trinajstić information content (AvgIpc) is 2.66. The van der Waals surface area contributed by atoms with Gasteiger partial charge in [-0.2, -0.15) is 0 Å². The fraction of sp³-hybridized carbons (Fsp3) is 0.250. The average molecular weight is 222 g/mol. The van der Waals surface area contributed by atoms with Crippen LogP contribution in [0.3, 0.4) is 0 Å². The molecular formula is C12H12ClNO. The largest absolute Gasteiger partial charge is 0.361 e. The van der Waals surface area contributed by atoms with Gasteiger partial charge in [0, 0.05) is 22.6 Å². The van der Waals surface area contributed by atoms with Gasteiger partial charge in [-0.05, 0) is 12.1 Å². The summed E-state index contributed by atoms with van der Waals surface area (Å²) in [6.45, 7) is 4.14. The molecule has 3 heteroatoms. The van der Waals surface area contributed by atoms with E-state index in [0.29, 0.717) is 10.9 Å². The Balaban J connectivity index is 2.37. The summed E-state index contributed by atoms with van der Waals surface area (Å²) < 4.78 is 5.23. The summed E-state index contributed by atoms with van der Waals surface area (Å²) in [5.74, 6) is 1.25. The van der Waals surface area contributed by atoms with E-state index in [9.17, 15) is 0 Å². The van der Waals surface area contributed by atoms with Crippen molar-refractivity contribution < 1.29 is 4.52 Å². The molecule has 0 aliphatic rings. The number of hydrogen-bond acceptors (Lipinski definition) is 2. The highest BCUT2D eigenvalue weighted by Crippen LogP contribution is 2.24. The van der Waals surface area contributed by atoms with Crippen molar-refractivity contribution in [1.82, 2.24) is 5.16 Å². The predicted molar refractivity (Wildman–Crippen MR) is 61.0 cm³/mol. The van der Waals surface area contributed by atoms with Gasteiger partial charge in [-0.25, -0.2) is 0 Å². The summed E-state index contributed by atoms with van der Waals surface area (Å²) in [6.07, 6.45) is 0. The van der Waals surface area contributed by atoms with E-state index in [2.05, 4.69) is 19.0 Å². The minimum Gasteiger partial charge on any atom is -0.361 e. The fourth-order valence-corrected chi connectivity index (χ4v) is 1.54. The lowest BCUT2D eigenvalue weighted by Gasteiger charge is -1.95. The summed E-state index contributed by atoms with van der Waals surface area (Å²) in [5, 5.41) is 4.72. The van der Waals surface area contributed by atoms with Crippen molar-refractivity contribution in [3.63, 3.8) is 0 Å². The van der Waals surface area contributed by atoms with E-state index >= 15 is 0 Å². The predicted octanol–water partition coefficient (Wildman–Crippen LogP) is 4.12. The Labute approximate surface area is 93.9 Å². The molecule has 0 atom stereocenters. The van der Waals surface area contributed by atoms with Gasteiger partial charge in [0.15, 0.2) is 0 Å². The molecule has 0 saturated heterocycles. The summed E-state index contributed by atoms with van der Waals surface area (Å²) in [5.41, 5.74) is 1.82. The van der Waals surface area contributed by atoms with Gasteiger partial charge in [0.2, 0.25) is 0 Å². The first kappa shape index (κ1) is 10.2. The van der Waals surface area contributed by atoms with Crippen LogP contribution < -0.4 is 0 Å². The summed E-state index contributed by atoms with van der Waals surface area (Å²) in [7, 11) is 0. The molecule has 0 unspecified atom stereocenters. The SMILES string of the molecule is CC(C)c1cc(-c2cccc(Cl)c2)no1. The Bertz CT molecular complexity index is 462. The third-order valence-electron chi connectivity index (χ3n) is 2.22. The van der Waals surface area contributed by atoms with Gasteiger partial charge in [-0.15, -0.1) is 0 Å². The van der Waals surface area contributed by atoms with Crippen molar-refractivity contribution in [2.45, 2.75) is 19.8 Å². The van der Waals surface area contributed by atoms with Gasteiger partial charge in [-0.3, -0.25) is 0 Å². The minimum absolute atomic E-state index is 0.352. The van der Waals surface area contributed by atoms with Crippen LogP contribution in [0.1, 0.15) is 25.5 Å². The first-order chi connectivity index (χ1) is 7.16. The molecule has 0 spiro atoms. The molecule has 1 aromatic heterocycles. The second kappa shape index (κ2) is 4.07. The highest BCUT2D eigenvalue weighted by atomic mass is 35.5. The molecule has 0 fully saturated rings. The zero-order valence-electron chi connectivity index (χ0n) is 8.70.